The molecule has 1 unspecified atom stereocenters. The molecule has 1 rings (SSSR count). The number of ether oxygens (including phenoxy) is 1. The van der Waals surface area contributed by atoms with Gasteiger partial charge in [0.1, 0.15) is 22.0 Å². The molecule has 0 spiro atoms. The normalized spacial score (nSPS) is 13.5. The van der Waals surface area contributed by atoms with Crippen LogP contribution in [0.3, 0.4) is 0 Å². The lowest BCUT2D eigenvalue weighted by Crippen LogP contribution is -2.40. The maximum atomic E-state index is 12.4. The van der Waals surface area contributed by atoms with Crippen LogP contribution in [0.25, 0.3) is 0 Å². The first kappa shape index (κ1) is 17.7. The predicted molar refractivity (Wildman–Crippen MR) is 77.5 cm³/mol. The summed E-state index contributed by atoms with van der Waals surface area (Å²) in [6.07, 6.45) is 0. The Morgan fingerprint density at radius 3 is 2.38 bits per heavy atom. The number of hydrogen-bond donors (Lipinski definition) is 2. The van der Waals surface area contributed by atoms with Crippen LogP contribution in [0, 0.1) is 19.8 Å². The van der Waals surface area contributed by atoms with Gasteiger partial charge in [0.25, 0.3) is 0 Å². The highest BCUT2D eigenvalue weighted by atomic mass is 32.2. The number of hydrogen-bond acceptors (Lipinski definition) is 6. The average Bonchev–Trinajstić information content (AvgIpc) is 2.70. The van der Waals surface area contributed by atoms with E-state index in [2.05, 4.69) is 9.46 Å². The molecular formula is C13H22N2O5S. The number of nitrogens with one attached hydrogen (secondary N) is 1. The lowest BCUT2D eigenvalue weighted by molar-refractivity contribution is 0.0595. The SMILES string of the molecule is COC(=O)c1c(C)oc(C)c1S(=O)(=O)NCC(N)C(C)C. The van der Waals surface area contributed by atoms with Crippen LogP contribution in [0.15, 0.2) is 9.31 Å². The minimum Gasteiger partial charge on any atom is -0.465 e. The molecule has 0 amide bonds. The van der Waals surface area contributed by atoms with E-state index >= 15 is 0 Å². The van der Waals surface area contributed by atoms with Crippen LogP contribution in [0.4, 0.5) is 0 Å². The van der Waals surface area contributed by atoms with Crippen molar-refractivity contribution < 1.29 is 22.4 Å². The summed E-state index contributed by atoms with van der Waals surface area (Å²) in [5.74, 6) is -0.288. The number of methoxy groups -OCH3 is 1. The molecule has 0 bridgehead atoms. The first-order chi connectivity index (χ1) is 9.61. The Bertz CT molecular complexity index is 619. The van der Waals surface area contributed by atoms with Crippen LogP contribution < -0.4 is 10.5 Å². The van der Waals surface area contributed by atoms with E-state index in [4.69, 9.17) is 10.2 Å². The molecular weight excluding hydrogens is 296 g/mol. The highest BCUT2D eigenvalue weighted by Gasteiger charge is 2.31. The number of esters is 1. The maximum absolute atomic E-state index is 12.4. The third-order valence-corrected chi connectivity index (χ3v) is 4.80. The van der Waals surface area contributed by atoms with Crippen LogP contribution >= 0.6 is 0 Å². The van der Waals surface area contributed by atoms with Crippen molar-refractivity contribution >= 4 is 16.0 Å². The van der Waals surface area contributed by atoms with E-state index in [-0.39, 0.29) is 40.5 Å². The molecule has 0 aliphatic rings. The van der Waals surface area contributed by atoms with E-state index in [1.807, 2.05) is 13.8 Å². The molecule has 0 aliphatic heterocycles. The molecule has 0 radical (unpaired) electrons. The predicted octanol–water partition coefficient (Wildman–Crippen LogP) is 0.945. The summed E-state index contributed by atoms with van der Waals surface area (Å²) in [5, 5.41) is 0. The summed E-state index contributed by atoms with van der Waals surface area (Å²) < 4.78 is 37.1. The van der Waals surface area contributed by atoms with Gasteiger partial charge in [0.05, 0.1) is 7.11 Å². The van der Waals surface area contributed by atoms with E-state index in [0.717, 1.165) is 0 Å². The van der Waals surface area contributed by atoms with Crippen LogP contribution in [0.5, 0.6) is 0 Å². The molecule has 0 saturated carbocycles. The minimum absolute atomic E-state index is 0.0737. The second-order valence-electron chi connectivity index (χ2n) is 5.17. The second-order valence-corrected chi connectivity index (χ2v) is 6.87. The summed E-state index contributed by atoms with van der Waals surface area (Å²) in [7, 11) is -2.73. The lowest BCUT2D eigenvalue weighted by Gasteiger charge is -2.16. The highest BCUT2D eigenvalue weighted by molar-refractivity contribution is 7.89. The minimum atomic E-state index is -3.91. The van der Waals surface area contributed by atoms with E-state index in [0.29, 0.717) is 0 Å². The molecule has 0 fully saturated rings. The van der Waals surface area contributed by atoms with Crippen LogP contribution in [-0.2, 0) is 14.8 Å². The number of carbonyl (C=O) groups is 1. The van der Waals surface area contributed by atoms with Gasteiger partial charge in [0, 0.05) is 12.6 Å². The summed E-state index contributed by atoms with van der Waals surface area (Å²) >= 11 is 0. The van der Waals surface area contributed by atoms with Gasteiger partial charge in [-0.3, -0.25) is 0 Å². The highest BCUT2D eigenvalue weighted by Crippen LogP contribution is 2.27. The smallest absolute Gasteiger partial charge is 0.342 e. The molecule has 120 valence electrons. The Kier molecular flexibility index (Phi) is 5.54. The molecule has 0 aliphatic carbocycles. The van der Waals surface area contributed by atoms with Gasteiger partial charge < -0.3 is 14.9 Å². The van der Waals surface area contributed by atoms with E-state index in [1.165, 1.54) is 21.0 Å². The largest absolute Gasteiger partial charge is 0.465 e. The van der Waals surface area contributed by atoms with Gasteiger partial charge in [-0.1, -0.05) is 13.8 Å². The quantitative estimate of drug-likeness (QED) is 0.755. The maximum Gasteiger partial charge on any atom is 0.342 e. The van der Waals surface area contributed by atoms with Crippen molar-refractivity contribution in [2.45, 2.75) is 38.6 Å². The van der Waals surface area contributed by atoms with Crippen molar-refractivity contribution in [3.63, 3.8) is 0 Å². The topological polar surface area (TPSA) is 112 Å². The number of rotatable bonds is 6. The molecule has 0 aromatic carbocycles. The zero-order chi connectivity index (χ0) is 16.4. The van der Waals surface area contributed by atoms with Crippen molar-refractivity contribution in [2.75, 3.05) is 13.7 Å². The molecule has 1 atom stereocenters. The third-order valence-electron chi connectivity index (χ3n) is 3.23. The van der Waals surface area contributed by atoms with Crippen molar-refractivity contribution in [2.24, 2.45) is 11.7 Å². The Morgan fingerprint density at radius 1 is 1.33 bits per heavy atom. The molecule has 1 aromatic heterocycles. The van der Waals surface area contributed by atoms with Gasteiger partial charge in [0.15, 0.2) is 0 Å². The number of nitrogens with two attached hydrogens (primary N) is 1. The first-order valence-electron chi connectivity index (χ1n) is 6.55. The number of sulfonamides is 1. The van der Waals surface area contributed by atoms with E-state index in [1.54, 1.807) is 0 Å². The fourth-order valence-corrected chi connectivity index (χ4v) is 3.31. The molecule has 7 nitrogen and oxygen atoms in total. The second kappa shape index (κ2) is 6.59. The fourth-order valence-electron chi connectivity index (χ4n) is 1.84. The molecule has 3 N–H and O–H groups in total. The molecule has 21 heavy (non-hydrogen) atoms. The van der Waals surface area contributed by atoms with Gasteiger partial charge in [-0.2, -0.15) is 0 Å². The van der Waals surface area contributed by atoms with E-state index in [9.17, 15) is 13.2 Å². The Labute approximate surface area is 124 Å². The number of aryl methyl sites for hydroxylation is 2. The summed E-state index contributed by atoms with van der Waals surface area (Å²) in [5.41, 5.74) is 5.74. The van der Waals surface area contributed by atoms with Crippen LogP contribution in [-0.4, -0.2) is 34.1 Å². The molecule has 0 saturated heterocycles. The molecule has 1 aromatic rings. The van der Waals surface area contributed by atoms with Gasteiger partial charge in [0.2, 0.25) is 10.0 Å². The van der Waals surface area contributed by atoms with Crippen molar-refractivity contribution in [1.29, 1.82) is 0 Å². The van der Waals surface area contributed by atoms with Crippen LogP contribution in [0.2, 0.25) is 0 Å². The summed E-state index contributed by atoms with van der Waals surface area (Å²) in [4.78, 5) is 11.6. The van der Waals surface area contributed by atoms with Gasteiger partial charge >= 0.3 is 5.97 Å². The van der Waals surface area contributed by atoms with Crippen molar-refractivity contribution in [3.05, 3.63) is 17.1 Å². The summed E-state index contributed by atoms with van der Waals surface area (Å²) in [6.45, 7) is 6.86. The van der Waals surface area contributed by atoms with Crippen molar-refractivity contribution in [1.82, 2.24) is 4.72 Å². The monoisotopic (exact) mass is 318 g/mol. The lowest BCUT2D eigenvalue weighted by atomic mass is 10.1. The average molecular weight is 318 g/mol. The standard InChI is InChI=1S/C13H22N2O5S/c1-7(2)10(14)6-15-21(17,18)12-9(4)20-8(3)11(12)13(16)19-5/h7,10,15H,6,14H2,1-5H3. The fraction of sp³-hybridized carbons (Fsp3) is 0.615. The van der Waals surface area contributed by atoms with Crippen molar-refractivity contribution in [3.8, 4) is 0 Å². The van der Waals surface area contributed by atoms with Gasteiger partial charge in [-0.15, -0.1) is 0 Å². The first-order valence-corrected chi connectivity index (χ1v) is 8.03. The third kappa shape index (κ3) is 3.84. The molecule has 8 heteroatoms. The van der Waals surface area contributed by atoms with E-state index < -0.39 is 16.0 Å². The Balaban J connectivity index is 3.17. The zero-order valence-electron chi connectivity index (χ0n) is 12.9. The van der Waals surface area contributed by atoms with Gasteiger partial charge in [-0.25, -0.2) is 17.9 Å². The number of furan rings is 1. The molecule has 1 heterocycles. The Morgan fingerprint density at radius 2 is 1.90 bits per heavy atom. The van der Waals surface area contributed by atoms with Crippen LogP contribution in [0.1, 0.15) is 35.7 Å². The number of carbonyl (C=O) groups excluding carboxylic acids is 1. The zero-order valence-corrected chi connectivity index (χ0v) is 13.7. The van der Waals surface area contributed by atoms with Gasteiger partial charge in [-0.05, 0) is 19.8 Å². The summed E-state index contributed by atoms with van der Waals surface area (Å²) in [6, 6.07) is -0.324. The Hall–Kier alpha value is -1.38.